The van der Waals surface area contributed by atoms with E-state index < -0.39 is 0 Å². The highest BCUT2D eigenvalue weighted by Gasteiger charge is 2.05. The Morgan fingerprint density at radius 2 is 1.86 bits per heavy atom. The Balaban J connectivity index is 2.72. The van der Waals surface area contributed by atoms with E-state index in [-0.39, 0.29) is 5.91 Å². The van der Waals surface area contributed by atoms with Crippen LogP contribution in [0.5, 0.6) is 0 Å². The van der Waals surface area contributed by atoms with E-state index in [0.717, 1.165) is 24.6 Å². The average molecular weight is 304 g/mol. The first kappa shape index (κ1) is 18.0. The van der Waals surface area contributed by atoms with Gasteiger partial charge in [0.1, 0.15) is 0 Å². The van der Waals surface area contributed by atoms with E-state index in [1.165, 1.54) is 0 Å². The number of rotatable bonds is 7. The molecule has 3 N–H and O–H groups in total. The third kappa shape index (κ3) is 6.61. The zero-order valence-corrected chi connectivity index (χ0v) is 14.1. The molecule has 122 valence electrons. The highest BCUT2D eigenvalue weighted by atomic mass is 16.1. The average Bonchev–Trinajstić information content (AvgIpc) is 2.50. The van der Waals surface area contributed by atoms with Gasteiger partial charge >= 0.3 is 0 Å². The Morgan fingerprint density at radius 3 is 2.50 bits per heavy atom. The van der Waals surface area contributed by atoms with Crippen LogP contribution < -0.4 is 16.0 Å². The Hall–Kier alpha value is -2.04. The summed E-state index contributed by atoms with van der Waals surface area (Å²) in [6, 6.07) is 7.59. The second kappa shape index (κ2) is 9.82. The summed E-state index contributed by atoms with van der Waals surface area (Å²) >= 11 is 0. The normalized spacial score (nSPS) is 11.4. The molecule has 5 heteroatoms. The molecule has 0 atom stereocenters. The number of benzene rings is 1. The lowest BCUT2D eigenvalue weighted by molar-refractivity contribution is 0.0955. The van der Waals surface area contributed by atoms with Crippen molar-refractivity contribution in [3.63, 3.8) is 0 Å². The zero-order valence-electron chi connectivity index (χ0n) is 14.1. The number of aliphatic imine (C=N–C) groups is 1. The van der Waals surface area contributed by atoms with Crippen molar-refractivity contribution in [1.82, 2.24) is 16.0 Å². The maximum Gasteiger partial charge on any atom is 0.251 e. The molecule has 0 fully saturated rings. The third-order valence-corrected chi connectivity index (χ3v) is 2.97. The number of guanidine groups is 1. The van der Waals surface area contributed by atoms with Gasteiger partial charge in [-0.15, -0.1) is 0 Å². The molecule has 1 aromatic rings. The second-order valence-corrected chi connectivity index (χ2v) is 5.53. The Kier molecular flexibility index (Phi) is 8.04. The van der Waals surface area contributed by atoms with Crippen LogP contribution >= 0.6 is 0 Å². The van der Waals surface area contributed by atoms with Crippen LogP contribution in [0.25, 0.3) is 0 Å². The van der Waals surface area contributed by atoms with Crippen molar-refractivity contribution in [3.8, 4) is 0 Å². The van der Waals surface area contributed by atoms with Gasteiger partial charge in [0, 0.05) is 25.2 Å². The summed E-state index contributed by atoms with van der Waals surface area (Å²) in [7, 11) is 0. The van der Waals surface area contributed by atoms with Gasteiger partial charge in [-0.2, -0.15) is 0 Å². The quantitative estimate of drug-likeness (QED) is 0.534. The van der Waals surface area contributed by atoms with Gasteiger partial charge in [0.2, 0.25) is 0 Å². The van der Waals surface area contributed by atoms with Gasteiger partial charge in [0.05, 0.1) is 6.54 Å². The molecule has 22 heavy (non-hydrogen) atoms. The number of hydrogen-bond acceptors (Lipinski definition) is 2. The van der Waals surface area contributed by atoms with E-state index in [4.69, 9.17) is 0 Å². The van der Waals surface area contributed by atoms with Crippen LogP contribution in [0.3, 0.4) is 0 Å². The molecular weight excluding hydrogens is 276 g/mol. The summed E-state index contributed by atoms with van der Waals surface area (Å²) in [6.45, 7) is 11.1. The molecule has 0 aliphatic heterocycles. The zero-order chi connectivity index (χ0) is 16.4. The van der Waals surface area contributed by atoms with E-state index in [0.29, 0.717) is 24.6 Å². The number of nitrogens with one attached hydrogen (secondary N) is 3. The van der Waals surface area contributed by atoms with Crippen molar-refractivity contribution in [2.45, 2.75) is 34.2 Å². The number of carbonyl (C=O) groups is 1. The molecule has 1 aromatic carbocycles. The molecule has 0 aliphatic rings. The number of hydrogen-bond donors (Lipinski definition) is 3. The minimum Gasteiger partial charge on any atom is -0.357 e. The van der Waals surface area contributed by atoms with Crippen molar-refractivity contribution in [2.24, 2.45) is 10.9 Å². The second-order valence-electron chi connectivity index (χ2n) is 5.53. The molecule has 5 nitrogen and oxygen atoms in total. The molecule has 0 radical (unpaired) electrons. The van der Waals surface area contributed by atoms with E-state index in [2.05, 4.69) is 34.8 Å². The number of amides is 1. The molecule has 0 saturated carbocycles. The summed E-state index contributed by atoms with van der Waals surface area (Å²) in [4.78, 5) is 16.4. The molecule has 1 amide bonds. The topological polar surface area (TPSA) is 65.5 Å². The van der Waals surface area contributed by atoms with E-state index in [1.807, 2.05) is 38.1 Å². The van der Waals surface area contributed by atoms with Crippen molar-refractivity contribution in [1.29, 1.82) is 0 Å². The van der Waals surface area contributed by atoms with Crippen LogP contribution in [-0.4, -0.2) is 31.5 Å². The van der Waals surface area contributed by atoms with Gasteiger partial charge in [0.15, 0.2) is 5.96 Å². The smallest absolute Gasteiger partial charge is 0.251 e. The molecule has 0 bridgehead atoms. The molecular formula is C17H28N4O. The van der Waals surface area contributed by atoms with Crippen molar-refractivity contribution >= 4 is 11.9 Å². The molecule has 0 aromatic heterocycles. The molecule has 0 unspecified atom stereocenters. The Bertz CT molecular complexity index is 497. The molecule has 0 aliphatic carbocycles. The summed E-state index contributed by atoms with van der Waals surface area (Å²) in [5, 5.41) is 9.34. The first-order valence-electron chi connectivity index (χ1n) is 7.96. The van der Waals surface area contributed by atoms with Crippen LogP contribution in [0.15, 0.2) is 29.3 Å². The molecule has 0 spiro atoms. The van der Waals surface area contributed by atoms with Crippen LogP contribution in [0.4, 0.5) is 0 Å². The first-order chi connectivity index (χ1) is 10.6. The summed E-state index contributed by atoms with van der Waals surface area (Å²) in [6.07, 6.45) is 0. The largest absolute Gasteiger partial charge is 0.357 e. The standard InChI is InChI=1S/C17H28N4O/c1-5-18-16(22)15-9-7-8-14(10-15)12-21-17(19-6-2)20-11-13(3)4/h7-10,13H,5-6,11-12H2,1-4H3,(H,18,22)(H2,19,20,21). The van der Waals surface area contributed by atoms with Crippen molar-refractivity contribution in [2.75, 3.05) is 19.6 Å². The first-order valence-corrected chi connectivity index (χ1v) is 7.96. The number of carbonyl (C=O) groups excluding carboxylic acids is 1. The van der Waals surface area contributed by atoms with Crippen LogP contribution in [0.1, 0.15) is 43.6 Å². The maximum absolute atomic E-state index is 11.8. The van der Waals surface area contributed by atoms with Crippen molar-refractivity contribution in [3.05, 3.63) is 35.4 Å². The third-order valence-electron chi connectivity index (χ3n) is 2.97. The summed E-state index contributed by atoms with van der Waals surface area (Å²) in [5.74, 6) is 1.32. The van der Waals surface area contributed by atoms with Gasteiger partial charge < -0.3 is 16.0 Å². The predicted octanol–water partition coefficient (Wildman–Crippen LogP) is 2.15. The lowest BCUT2D eigenvalue weighted by Crippen LogP contribution is -2.39. The van der Waals surface area contributed by atoms with Gasteiger partial charge in [-0.25, -0.2) is 4.99 Å². The fraction of sp³-hybridized carbons (Fsp3) is 0.529. The fourth-order valence-electron chi connectivity index (χ4n) is 1.89. The van der Waals surface area contributed by atoms with Crippen LogP contribution in [0.2, 0.25) is 0 Å². The summed E-state index contributed by atoms with van der Waals surface area (Å²) < 4.78 is 0. The molecule has 0 heterocycles. The summed E-state index contributed by atoms with van der Waals surface area (Å²) in [5.41, 5.74) is 1.69. The predicted molar refractivity (Wildman–Crippen MR) is 92.1 cm³/mol. The minimum absolute atomic E-state index is 0.0434. The van der Waals surface area contributed by atoms with Gasteiger partial charge in [-0.1, -0.05) is 26.0 Å². The highest BCUT2D eigenvalue weighted by molar-refractivity contribution is 5.94. The van der Waals surface area contributed by atoms with E-state index in [1.54, 1.807) is 0 Å². The van der Waals surface area contributed by atoms with Crippen LogP contribution in [-0.2, 0) is 6.54 Å². The van der Waals surface area contributed by atoms with E-state index >= 15 is 0 Å². The number of nitrogens with zero attached hydrogens (tertiary/aromatic N) is 1. The van der Waals surface area contributed by atoms with E-state index in [9.17, 15) is 4.79 Å². The lowest BCUT2D eigenvalue weighted by Gasteiger charge is -2.13. The Morgan fingerprint density at radius 1 is 1.14 bits per heavy atom. The Labute approximate surface area is 133 Å². The lowest BCUT2D eigenvalue weighted by atomic mass is 10.1. The fourth-order valence-corrected chi connectivity index (χ4v) is 1.89. The monoisotopic (exact) mass is 304 g/mol. The SMILES string of the molecule is CCNC(=O)c1cccc(CN=C(NCC)NCC(C)C)c1. The van der Waals surface area contributed by atoms with Gasteiger partial charge in [-0.05, 0) is 37.5 Å². The molecule has 0 saturated heterocycles. The van der Waals surface area contributed by atoms with Gasteiger partial charge in [0.25, 0.3) is 5.91 Å². The molecule has 1 rings (SSSR count). The highest BCUT2D eigenvalue weighted by Crippen LogP contribution is 2.06. The van der Waals surface area contributed by atoms with Crippen LogP contribution in [0, 0.1) is 5.92 Å². The maximum atomic E-state index is 11.8. The van der Waals surface area contributed by atoms with Crippen molar-refractivity contribution < 1.29 is 4.79 Å². The minimum atomic E-state index is -0.0434. The van der Waals surface area contributed by atoms with Gasteiger partial charge in [-0.3, -0.25) is 4.79 Å².